The van der Waals surface area contributed by atoms with E-state index in [-0.39, 0.29) is 5.66 Å². The zero-order valence-corrected chi connectivity index (χ0v) is 10.7. The highest BCUT2D eigenvalue weighted by atomic mass is 32.1. The minimum Gasteiger partial charge on any atom is -0.324 e. The summed E-state index contributed by atoms with van der Waals surface area (Å²) in [6, 6.07) is 0. The lowest BCUT2D eigenvalue weighted by molar-refractivity contribution is -0.697. The van der Waals surface area contributed by atoms with Crippen LogP contribution in [0.3, 0.4) is 0 Å². The molecule has 0 unspecified atom stereocenters. The Hall–Kier alpha value is -0.410. The average molecular weight is 237 g/mol. The van der Waals surface area contributed by atoms with Gasteiger partial charge in [0.25, 0.3) is 0 Å². The van der Waals surface area contributed by atoms with Crippen LogP contribution in [0.15, 0.2) is 11.3 Å². The molecule has 0 amide bonds. The maximum absolute atomic E-state index is 5.57. The minimum absolute atomic E-state index is 0.242. The van der Waals surface area contributed by atoms with E-state index in [9.17, 15) is 0 Å². The van der Waals surface area contributed by atoms with Gasteiger partial charge in [0.05, 0.1) is 0 Å². The Balaban J connectivity index is 1.87. The van der Waals surface area contributed by atoms with Crippen LogP contribution in [0.1, 0.15) is 57.8 Å². The molecule has 3 heteroatoms. The monoisotopic (exact) mass is 237 g/mol. The molecule has 16 heavy (non-hydrogen) atoms. The van der Waals surface area contributed by atoms with E-state index in [1.54, 1.807) is 5.70 Å². The summed E-state index contributed by atoms with van der Waals surface area (Å²) in [5.41, 5.74) is 3.28. The molecule has 0 saturated heterocycles. The van der Waals surface area contributed by atoms with Crippen molar-refractivity contribution in [2.45, 2.75) is 63.5 Å². The van der Waals surface area contributed by atoms with Crippen LogP contribution >= 0.6 is 12.2 Å². The van der Waals surface area contributed by atoms with Crippen LogP contribution in [0.2, 0.25) is 0 Å². The molecule has 0 atom stereocenters. The summed E-state index contributed by atoms with van der Waals surface area (Å²) in [7, 11) is 0. The Morgan fingerprint density at radius 1 is 1.00 bits per heavy atom. The lowest BCUT2D eigenvalue weighted by Crippen LogP contribution is -3.01. The SMILES string of the molecule is S=C1NC2(CCCCC2)[NH2+]C2=C1CCCC2. The van der Waals surface area contributed by atoms with Gasteiger partial charge in [0.1, 0.15) is 10.7 Å². The third kappa shape index (κ3) is 1.80. The van der Waals surface area contributed by atoms with Gasteiger partial charge in [-0.05, 0) is 32.1 Å². The Morgan fingerprint density at radius 3 is 2.56 bits per heavy atom. The van der Waals surface area contributed by atoms with E-state index >= 15 is 0 Å². The van der Waals surface area contributed by atoms with Gasteiger partial charge in [-0.2, -0.15) is 0 Å². The Morgan fingerprint density at radius 2 is 1.75 bits per heavy atom. The maximum atomic E-state index is 5.57. The molecule has 3 N–H and O–H groups in total. The minimum atomic E-state index is 0.242. The van der Waals surface area contributed by atoms with Crippen molar-refractivity contribution < 1.29 is 5.32 Å². The molecule has 3 aliphatic rings. The standard InChI is InChI=1S/C13H20N2S/c16-12-10-6-2-3-7-11(10)14-13(15-12)8-4-1-5-9-13/h14H,1-9H2,(H,15,16)/p+1. The van der Waals surface area contributed by atoms with Gasteiger partial charge < -0.3 is 5.32 Å². The van der Waals surface area contributed by atoms with Gasteiger partial charge in [-0.25, -0.2) is 0 Å². The van der Waals surface area contributed by atoms with E-state index in [0.717, 1.165) is 4.99 Å². The first kappa shape index (κ1) is 10.7. The molecule has 2 nitrogen and oxygen atoms in total. The highest BCUT2D eigenvalue weighted by Gasteiger charge is 2.42. The van der Waals surface area contributed by atoms with E-state index in [4.69, 9.17) is 12.2 Å². The van der Waals surface area contributed by atoms with Crippen LogP contribution in [-0.4, -0.2) is 10.7 Å². The van der Waals surface area contributed by atoms with Crippen LogP contribution in [0.5, 0.6) is 0 Å². The van der Waals surface area contributed by atoms with Crippen molar-refractivity contribution in [1.29, 1.82) is 0 Å². The lowest BCUT2D eigenvalue weighted by Gasteiger charge is -2.41. The molecule has 3 rings (SSSR count). The topological polar surface area (TPSA) is 28.6 Å². The second-order valence-corrected chi connectivity index (χ2v) is 5.93. The fourth-order valence-electron chi connectivity index (χ4n) is 3.47. The van der Waals surface area contributed by atoms with Crippen LogP contribution in [0.25, 0.3) is 0 Å². The number of thiocarbonyl (C=S) groups is 1. The Bertz CT molecular complexity index is 340. The van der Waals surface area contributed by atoms with Crippen molar-refractivity contribution in [3.63, 3.8) is 0 Å². The zero-order valence-electron chi connectivity index (χ0n) is 9.85. The molecule has 0 bridgehead atoms. The third-order valence-electron chi connectivity index (χ3n) is 4.34. The van der Waals surface area contributed by atoms with Gasteiger partial charge in [0, 0.05) is 24.8 Å². The number of nitrogens with one attached hydrogen (secondary N) is 1. The molecule has 0 aromatic rings. The summed E-state index contributed by atoms with van der Waals surface area (Å²) in [5.74, 6) is 0. The molecule has 0 aromatic carbocycles. The van der Waals surface area contributed by atoms with Crippen molar-refractivity contribution in [3.05, 3.63) is 11.3 Å². The molecule has 88 valence electrons. The summed E-state index contributed by atoms with van der Waals surface area (Å²) in [5, 5.41) is 6.19. The van der Waals surface area contributed by atoms with Crippen molar-refractivity contribution in [2.75, 3.05) is 0 Å². The van der Waals surface area contributed by atoms with Crippen LogP contribution in [0.4, 0.5) is 0 Å². The predicted octanol–water partition coefficient (Wildman–Crippen LogP) is 1.97. The van der Waals surface area contributed by atoms with Crippen LogP contribution in [-0.2, 0) is 0 Å². The van der Waals surface area contributed by atoms with Gasteiger partial charge in [0.2, 0.25) is 0 Å². The Labute approximate surface area is 103 Å². The molecular weight excluding hydrogens is 216 g/mol. The first-order chi connectivity index (χ1) is 7.79. The van der Waals surface area contributed by atoms with E-state index in [1.807, 2.05) is 0 Å². The fraction of sp³-hybridized carbons (Fsp3) is 0.769. The molecule has 1 fully saturated rings. The summed E-state index contributed by atoms with van der Waals surface area (Å²) >= 11 is 5.57. The second kappa shape index (κ2) is 4.11. The first-order valence-electron chi connectivity index (χ1n) is 6.70. The molecule has 1 spiro atoms. The number of quaternary nitrogens is 1. The smallest absolute Gasteiger partial charge is 0.174 e. The van der Waals surface area contributed by atoms with E-state index in [2.05, 4.69) is 10.6 Å². The largest absolute Gasteiger partial charge is 0.324 e. The fourth-order valence-corrected chi connectivity index (χ4v) is 3.91. The molecule has 0 aromatic heterocycles. The maximum Gasteiger partial charge on any atom is 0.174 e. The number of rotatable bonds is 0. The predicted molar refractivity (Wildman–Crippen MR) is 69.0 cm³/mol. The van der Waals surface area contributed by atoms with E-state index in [1.165, 1.54) is 63.4 Å². The molecule has 2 aliphatic carbocycles. The first-order valence-corrected chi connectivity index (χ1v) is 7.10. The number of allylic oxidation sites excluding steroid dienone is 1. The van der Waals surface area contributed by atoms with Crippen LogP contribution < -0.4 is 10.6 Å². The van der Waals surface area contributed by atoms with E-state index < -0.39 is 0 Å². The van der Waals surface area contributed by atoms with Gasteiger partial charge in [-0.3, -0.25) is 5.32 Å². The summed E-state index contributed by atoms with van der Waals surface area (Å²) in [4.78, 5) is 1.07. The number of nitrogens with two attached hydrogens (primary N) is 1. The molecule has 1 aliphatic heterocycles. The van der Waals surface area contributed by atoms with Crippen molar-refractivity contribution in [2.24, 2.45) is 0 Å². The zero-order chi connectivity index (χ0) is 11.0. The van der Waals surface area contributed by atoms with Crippen molar-refractivity contribution in [3.8, 4) is 0 Å². The molecular formula is C13H21N2S+. The van der Waals surface area contributed by atoms with Crippen molar-refractivity contribution in [1.82, 2.24) is 5.32 Å². The molecule has 1 saturated carbocycles. The van der Waals surface area contributed by atoms with Gasteiger partial charge >= 0.3 is 0 Å². The molecule has 1 heterocycles. The summed E-state index contributed by atoms with van der Waals surface area (Å²) in [6.45, 7) is 0. The lowest BCUT2D eigenvalue weighted by atomic mass is 9.84. The van der Waals surface area contributed by atoms with Crippen molar-refractivity contribution >= 4 is 17.2 Å². The van der Waals surface area contributed by atoms with E-state index in [0.29, 0.717) is 0 Å². The quantitative estimate of drug-likeness (QED) is 0.631. The highest BCUT2D eigenvalue weighted by Crippen LogP contribution is 2.30. The van der Waals surface area contributed by atoms with Crippen LogP contribution in [0, 0.1) is 0 Å². The molecule has 0 radical (unpaired) electrons. The normalized spacial score (nSPS) is 28.9. The summed E-state index contributed by atoms with van der Waals surface area (Å²) in [6.07, 6.45) is 11.8. The average Bonchev–Trinajstić information content (AvgIpc) is 2.30. The van der Waals surface area contributed by atoms with Gasteiger partial charge in [-0.15, -0.1) is 0 Å². The third-order valence-corrected chi connectivity index (χ3v) is 4.69. The van der Waals surface area contributed by atoms with Gasteiger partial charge in [-0.1, -0.05) is 18.6 Å². The summed E-state index contributed by atoms with van der Waals surface area (Å²) < 4.78 is 0. The second-order valence-electron chi connectivity index (χ2n) is 5.53. The number of hydrogen-bond acceptors (Lipinski definition) is 1. The highest BCUT2D eigenvalue weighted by molar-refractivity contribution is 7.80. The van der Waals surface area contributed by atoms with Gasteiger partial charge in [0.15, 0.2) is 5.66 Å². The Kier molecular flexibility index (Phi) is 2.76. The number of hydrogen-bond donors (Lipinski definition) is 2.